The molecule has 114 valence electrons. The zero-order valence-corrected chi connectivity index (χ0v) is 12.6. The molecular formula is C13H27ClN2O3. The molecule has 0 radical (unpaired) electrons. The van der Waals surface area contributed by atoms with Crippen molar-refractivity contribution in [2.24, 2.45) is 5.73 Å². The SMILES string of the molecule is CCCCCCC(=O)N(CCCCCN)C(=O)O.Cl. The van der Waals surface area contributed by atoms with Gasteiger partial charge in [-0.2, -0.15) is 0 Å². The Morgan fingerprint density at radius 3 is 2.21 bits per heavy atom. The lowest BCUT2D eigenvalue weighted by Gasteiger charge is -2.17. The first kappa shape index (κ1) is 20.5. The fourth-order valence-corrected chi connectivity index (χ4v) is 1.76. The minimum absolute atomic E-state index is 0. The summed E-state index contributed by atoms with van der Waals surface area (Å²) in [5.74, 6) is -0.272. The molecule has 0 bridgehead atoms. The quantitative estimate of drug-likeness (QED) is 0.607. The second kappa shape index (κ2) is 13.6. The molecule has 0 unspecified atom stereocenters. The van der Waals surface area contributed by atoms with Crippen LogP contribution in [0.1, 0.15) is 58.3 Å². The topological polar surface area (TPSA) is 83.6 Å². The third-order valence-electron chi connectivity index (χ3n) is 2.86. The van der Waals surface area contributed by atoms with Crippen LogP contribution in [0.4, 0.5) is 4.79 Å². The Bertz CT molecular complexity index is 250. The van der Waals surface area contributed by atoms with Crippen LogP contribution < -0.4 is 5.73 Å². The van der Waals surface area contributed by atoms with Crippen molar-refractivity contribution in [3.63, 3.8) is 0 Å². The third-order valence-corrected chi connectivity index (χ3v) is 2.86. The molecule has 0 saturated carbocycles. The molecule has 0 aromatic carbocycles. The summed E-state index contributed by atoms with van der Waals surface area (Å²) in [7, 11) is 0. The third kappa shape index (κ3) is 10.8. The Morgan fingerprint density at radius 2 is 1.68 bits per heavy atom. The summed E-state index contributed by atoms with van der Waals surface area (Å²) in [5, 5.41) is 8.98. The average molecular weight is 295 g/mol. The number of hydrogen-bond donors (Lipinski definition) is 2. The van der Waals surface area contributed by atoms with E-state index in [1.165, 1.54) is 0 Å². The van der Waals surface area contributed by atoms with Gasteiger partial charge in [-0.3, -0.25) is 4.79 Å². The Labute approximate surface area is 121 Å². The summed E-state index contributed by atoms with van der Waals surface area (Å²) in [5.41, 5.74) is 5.36. The molecule has 0 aliphatic rings. The second-order valence-corrected chi connectivity index (χ2v) is 4.49. The van der Waals surface area contributed by atoms with Gasteiger partial charge in [-0.05, 0) is 25.8 Å². The number of nitrogens with two attached hydrogens (primary N) is 1. The molecule has 0 aliphatic heterocycles. The van der Waals surface area contributed by atoms with Crippen LogP contribution in [0.5, 0.6) is 0 Å². The molecule has 0 spiro atoms. The zero-order valence-electron chi connectivity index (χ0n) is 11.8. The van der Waals surface area contributed by atoms with E-state index in [2.05, 4.69) is 6.92 Å². The van der Waals surface area contributed by atoms with E-state index in [-0.39, 0.29) is 18.3 Å². The predicted molar refractivity (Wildman–Crippen MR) is 78.7 cm³/mol. The molecule has 2 amide bonds. The molecular weight excluding hydrogens is 268 g/mol. The molecule has 0 atom stereocenters. The second-order valence-electron chi connectivity index (χ2n) is 4.49. The smallest absolute Gasteiger partial charge is 0.414 e. The van der Waals surface area contributed by atoms with E-state index in [1.807, 2.05) is 0 Å². The molecule has 0 saturated heterocycles. The number of carbonyl (C=O) groups is 2. The van der Waals surface area contributed by atoms with Crippen LogP contribution in [0.3, 0.4) is 0 Å². The lowest BCUT2D eigenvalue weighted by atomic mass is 10.1. The van der Waals surface area contributed by atoms with Gasteiger partial charge in [0.1, 0.15) is 0 Å². The van der Waals surface area contributed by atoms with Crippen molar-refractivity contribution in [1.29, 1.82) is 0 Å². The van der Waals surface area contributed by atoms with Crippen LogP contribution in [-0.2, 0) is 4.79 Å². The summed E-state index contributed by atoms with van der Waals surface area (Å²) < 4.78 is 0. The van der Waals surface area contributed by atoms with Gasteiger partial charge < -0.3 is 10.8 Å². The molecule has 0 aromatic rings. The fraction of sp³-hybridized carbons (Fsp3) is 0.846. The van der Waals surface area contributed by atoms with Crippen molar-refractivity contribution >= 4 is 24.4 Å². The van der Waals surface area contributed by atoms with Crippen LogP contribution in [0.15, 0.2) is 0 Å². The van der Waals surface area contributed by atoms with Gasteiger partial charge in [0.05, 0.1) is 0 Å². The molecule has 0 rings (SSSR count). The standard InChI is InChI=1S/C13H26N2O3.ClH/c1-2-3-4-6-9-12(16)15(13(17)18)11-8-5-7-10-14;/h2-11,14H2,1H3,(H,17,18);1H. The van der Waals surface area contributed by atoms with Crippen LogP contribution in [-0.4, -0.2) is 35.1 Å². The number of amides is 2. The fourth-order valence-electron chi connectivity index (χ4n) is 1.76. The number of rotatable bonds is 10. The monoisotopic (exact) mass is 294 g/mol. The van der Waals surface area contributed by atoms with E-state index in [0.29, 0.717) is 25.9 Å². The minimum Gasteiger partial charge on any atom is -0.465 e. The summed E-state index contributed by atoms with van der Waals surface area (Å²) in [6.45, 7) is 3.00. The Hall–Kier alpha value is -0.810. The summed E-state index contributed by atoms with van der Waals surface area (Å²) >= 11 is 0. The number of carbonyl (C=O) groups excluding carboxylic acids is 1. The van der Waals surface area contributed by atoms with Gasteiger partial charge in [-0.25, -0.2) is 9.69 Å². The molecule has 0 heterocycles. The first-order chi connectivity index (χ1) is 8.63. The van der Waals surface area contributed by atoms with Crippen molar-refractivity contribution in [2.45, 2.75) is 58.3 Å². The number of hydrogen-bond acceptors (Lipinski definition) is 3. The van der Waals surface area contributed by atoms with E-state index in [4.69, 9.17) is 10.8 Å². The summed E-state index contributed by atoms with van der Waals surface area (Å²) in [6, 6.07) is 0. The largest absolute Gasteiger partial charge is 0.465 e. The highest BCUT2D eigenvalue weighted by Gasteiger charge is 2.19. The van der Waals surface area contributed by atoms with Gasteiger partial charge in [0.2, 0.25) is 5.91 Å². The Kier molecular flexibility index (Phi) is 14.7. The van der Waals surface area contributed by atoms with Crippen LogP contribution >= 0.6 is 12.4 Å². The number of halogens is 1. The van der Waals surface area contributed by atoms with Crippen LogP contribution in [0, 0.1) is 0 Å². The van der Waals surface area contributed by atoms with E-state index in [1.54, 1.807) is 0 Å². The number of nitrogens with zero attached hydrogens (tertiary/aromatic N) is 1. The highest BCUT2D eigenvalue weighted by molar-refractivity contribution is 5.91. The van der Waals surface area contributed by atoms with E-state index < -0.39 is 6.09 Å². The van der Waals surface area contributed by atoms with Crippen LogP contribution in [0.2, 0.25) is 0 Å². The number of carboxylic acid groups (broad SMARTS) is 1. The molecule has 0 aliphatic carbocycles. The van der Waals surface area contributed by atoms with Gasteiger partial charge in [-0.15, -0.1) is 12.4 Å². The van der Waals surface area contributed by atoms with Crippen molar-refractivity contribution in [3.05, 3.63) is 0 Å². The van der Waals surface area contributed by atoms with Crippen molar-refractivity contribution in [1.82, 2.24) is 4.90 Å². The van der Waals surface area contributed by atoms with Gasteiger partial charge in [0.25, 0.3) is 0 Å². The van der Waals surface area contributed by atoms with Gasteiger partial charge >= 0.3 is 6.09 Å². The summed E-state index contributed by atoms with van der Waals surface area (Å²) in [6.07, 6.45) is 5.60. The summed E-state index contributed by atoms with van der Waals surface area (Å²) in [4.78, 5) is 23.7. The molecule has 6 heteroatoms. The highest BCUT2D eigenvalue weighted by Crippen LogP contribution is 2.07. The van der Waals surface area contributed by atoms with E-state index in [9.17, 15) is 9.59 Å². The average Bonchev–Trinajstić information content (AvgIpc) is 2.34. The predicted octanol–water partition coefficient (Wildman–Crippen LogP) is 3.01. The van der Waals surface area contributed by atoms with Crippen LogP contribution in [0.25, 0.3) is 0 Å². The Balaban J connectivity index is 0. The number of imide groups is 1. The molecule has 5 nitrogen and oxygen atoms in total. The maximum Gasteiger partial charge on any atom is 0.414 e. The van der Waals surface area contributed by atoms with Gasteiger partial charge in [0, 0.05) is 13.0 Å². The first-order valence-corrected chi connectivity index (χ1v) is 6.86. The first-order valence-electron chi connectivity index (χ1n) is 6.86. The highest BCUT2D eigenvalue weighted by atomic mass is 35.5. The van der Waals surface area contributed by atoms with Gasteiger partial charge in [-0.1, -0.05) is 32.6 Å². The van der Waals surface area contributed by atoms with Crippen molar-refractivity contribution in [3.8, 4) is 0 Å². The number of unbranched alkanes of at least 4 members (excludes halogenated alkanes) is 5. The molecule has 19 heavy (non-hydrogen) atoms. The molecule has 0 fully saturated rings. The zero-order chi connectivity index (χ0) is 13.8. The van der Waals surface area contributed by atoms with Crippen molar-refractivity contribution in [2.75, 3.05) is 13.1 Å². The normalized spacial score (nSPS) is 9.79. The maximum absolute atomic E-state index is 11.7. The van der Waals surface area contributed by atoms with E-state index >= 15 is 0 Å². The lowest BCUT2D eigenvalue weighted by Crippen LogP contribution is -2.36. The Morgan fingerprint density at radius 1 is 1.05 bits per heavy atom. The lowest BCUT2D eigenvalue weighted by molar-refractivity contribution is -0.129. The van der Waals surface area contributed by atoms with E-state index in [0.717, 1.165) is 43.4 Å². The van der Waals surface area contributed by atoms with Gasteiger partial charge in [0.15, 0.2) is 0 Å². The molecule has 0 aromatic heterocycles. The minimum atomic E-state index is -1.14. The molecule has 3 N–H and O–H groups in total. The maximum atomic E-state index is 11.7. The van der Waals surface area contributed by atoms with Crippen molar-refractivity contribution < 1.29 is 14.7 Å².